The van der Waals surface area contributed by atoms with Gasteiger partial charge in [0.2, 0.25) is 5.78 Å². The summed E-state index contributed by atoms with van der Waals surface area (Å²) >= 11 is 3.26. The highest BCUT2D eigenvalue weighted by molar-refractivity contribution is 9.10. The Morgan fingerprint density at radius 2 is 2.00 bits per heavy atom. The molecule has 0 saturated heterocycles. The van der Waals surface area contributed by atoms with Gasteiger partial charge in [0.05, 0.1) is 0 Å². The molecule has 4 heteroatoms. The van der Waals surface area contributed by atoms with Crippen LogP contribution in [0.4, 0.5) is 0 Å². The maximum atomic E-state index is 11.5. The van der Waals surface area contributed by atoms with E-state index in [2.05, 4.69) is 20.7 Å². The molecule has 0 heterocycles. The summed E-state index contributed by atoms with van der Waals surface area (Å²) in [4.78, 5) is 21.6. The van der Waals surface area contributed by atoms with Gasteiger partial charge >= 0.3 is 0 Å². The smallest absolute Gasteiger partial charge is 0.293 e. The normalized spacial score (nSPS) is 11.9. The molecule has 14 heavy (non-hydrogen) atoms. The molecule has 0 radical (unpaired) electrons. The zero-order chi connectivity index (χ0) is 10.6. The molecule has 74 valence electrons. The SMILES string of the molecule is CC(OC=O)C(=O)c1ccc(Br)cc1. The molecule has 0 N–H and O–H groups in total. The third kappa shape index (κ3) is 2.67. The maximum Gasteiger partial charge on any atom is 0.293 e. The molecule has 1 atom stereocenters. The summed E-state index contributed by atoms with van der Waals surface area (Å²) in [5, 5.41) is 0. The second-order valence-electron chi connectivity index (χ2n) is 2.75. The van der Waals surface area contributed by atoms with E-state index in [1.807, 2.05) is 0 Å². The van der Waals surface area contributed by atoms with E-state index in [0.29, 0.717) is 5.56 Å². The van der Waals surface area contributed by atoms with Crippen LogP contribution in [-0.2, 0) is 9.53 Å². The number of halogens is 1. The summed E-state index contributed by atoms with van der Waals surface area (Å²) in [7, 11) is 0. The summed E-state index contributed by atoms with van der Waals surface area (Å²) < 4.78 is 5.45. The van der Waals surface area contributed by atoms with E-state index < -0.39 is 6.10 Å². The minimum atomic E-state index is -0.728. The van der Waals surface area contributed by atoms with E-state index in [0.717, 1.165) is 4.47 Å². The summed E-state index contributed by atoms with van der Waals surface area (Å²) in [5.41, 5.74) is 0.530. The molecule has 0 saturated carbocycles. The van der Waals surface area contributed by atoms with Gasteiger partial charge in [0.15, 0.2) is 6.10 Å². The Morgan fingerprint density at radius 3 is 2.50 bits per heavy atom. The minimum absolute atomic E-state index is 0.204. The Hall–Kier alpha value is -1.16. The second-order valence-corrected chi connectivity index (χ2v) is 3.66. The Kier molecular flexibility index (Phi) is 3.83. The van der Waals surface area contributed by atoms with E-state index >= 15 is 0 Å². The average molecular weight is 257 g/mol. The van der Waals surface area contributed by atoms with Crippen molar-refractivity contribution < 1.29 is 14.3 Å². The van der Waals surface area contributed by atoms with Crippen molar-refractivity contribution in [3.05, 3.63) is 34.3 Å². The van der Waals surface area contributed by atoms with Crippen LogP contribution in [0.1, 0.15) is 17.3 Å². The van der Waals surface area contributed by atoms with Crippen LogP contribution in [0.15, 0.2) is 28.7 Å². The van der Waals surface area contributed by atoms with E-state index in [4.69, 9.17) is 0 Å². The standard InChI is InChI=1S/C10H9BrO3/c1-7(14-6-12)10(13)8-2-4-9(11)5-3-8/h2-7H,1H3. The number of ketones is 1. The first-order valence-corrected chi connectivity index (χ1v) is 4.83. The lowest BCUT2D eigenvalue weighted by molar-refractivity contribution is -0.131. The summed E-state index contributed by atoms with van der Waals surface area (Å²) in [6, 6.07) is 6.88. The number of benzene rings is 1. The van der Waals surface area contributed by atoms with Crippen molar-refractivity contribution in [1.29, 1.82) is 0 Å². The first-order valence-electron chi connectivity index (χ1n) is 4.04. The van der Waals surface area contributed by atoms with Gasteiger partial charge < -0.3 is 4.74 Å². The molecule has 0 aliphatic carbocycles. The number of carbonyl (C=O) groups excluding carboxylic acids is 2. The van der Waals surface area contributed by atoms with Gasteiger partial charge in [0.25, 0.3) is 6.47 Å². The van der Waals surface area contributed by atoms with Crippen LogP contribution in [0, 0.1) is 0 Å². The predicted molar refractivity (Wildman–Crippen MR) is 55.1 cm³/mol. The first kappa shape index (κ1) is 10.9. The van der Waals surface area contributed by atoms with Gasteiger partial charge in [-0.25, -0.2) is 0 Å². The van der Waals surface area contributed by atoms with Gasteiger partial charge in [-0.2, -0.15) is 0 Å². The predicted octanol–water partition coefficient (Wildman–Crippen LogP) is 2.19. The molecule has 0 fully saturated rings. The molecule has 0 aliphatic heterocycles. The molecule has 0 bridgehead atoms. The first-order chi connectivity index (χ1) is 6.65. The lowest BCUT2D eigenvalue weighted by Gasteiger charge is -2.07. The van der Waals surface area contributed by atoms with Crippen LogP contribution in [0.5, 0.6) is 0 Å². The van der Waals surface area contributed by atoms with E-state index in [-0.39, 0.29) is 12.3 Å². The van der Waals surface area contributed by atoms with Crippen molar-refractivity contribution >= 4 is 28.2 Å². The number of rotatable bonds is 4. The molecule has 1 unspecified atom stereocenters. The summed E-state index contributed by atoms with van der Waals surface area (Å²) in [6.07, 6.45) is -0.728. The van der Waals surface area contributed by atoms with Gasteiger partial charge in [-0.15, -0.1) is 0 Å². The van der Waals surface area contributed by atoms with Crippen LogP contribution in [0.25, 0.3) is 0 Å². The molecule has 1 aromatic rings. The Labute approximate surface area is 90.2 Å². The fraction of sp³-hybridized carbons (Fsp3) is 0.200. The molecule has 0 spiro atoms. The fourth-order valence-corrected chi connectivity index (χ4v) is 1.26. The zero-order valence-electron chi connectivity index (χ0n) is 7.57. The van der Waals surface area contributed by atoms with Crippen molar-refractivity contribution in [2.75, 3.05) is 0 Å². The zero-order valence-corrected chi connectivity index (χ0v) is 9.15. The average Bonchev–Trinajstić information content (AvgIpc) is 2.18. The van der Waals surface area contributed by atoms with Gasteiger partial charge in [-0.05, 0) is 19.1 Å². The molecule has 0 amide bonds. The largest absolute Gasteiger partial charge is 0.456 e. The summed E-state index contributed by atoms with van der Waals surface area (Å²) in [6.45, 7) is 1.82. The van der Waals surface area contributed by atoms with Crippen LogP contribution >= 0.6 is 15.9 Å². The Bertz CT molecular complexity index is 332. The number of carbonyl (C=O) groups is 2. The van der Waals surface area contributed by atoms with Gasteiger partial charge in [0, 0.05) is 10.0 Å². The van der Waals surface area contributed by atoms with Crippen molar-refractivity contribution in [2.45, 2.75) is 13.0 Å². The van der Waals surface area contributed by atoms with Gasteiger partial charge in [-0.3, -0.25) is 9.59 Å². The van der Waals surface area contributed by atoms with E-state index in [1.165, 1.54) is 0 Å². The van der Waals surface area contributed by atoms with Crippen LogP contribution in [0.3, 0.4) is 0 Å². The molecule has 1 aromatic carbocycles. The maximum absolute atomic E-state index is 11.5. The highest BCUT2D eigenvalue weighted by Crippen LogP contribution is 2.12. The van der Waals surface area contributed by atoms with Crippen LogP contribution < -0.4 is 0 Å². The van der Waals surface area contributed by atoms with Gasteiger partial charge in [-0.1, -0.05) is 28.1 Å². The molecular formula is C10H9BrO3. The topological polar surface area (TPSA) is 43.4 Å². The van der Waals surface area contributed by atoms with Gasteiger partial charge in [0.1, 0.15) is 0 Å². The minimum Gasteiger partial charge on any atom is -0.456 e. The highest BCUT2D eigenvalue weighted by Gasteiger charge is 2.15. The molecule has 1 rings (SSSR count). The quantitative estimate of drug-likeness (QED) is 0.613. The fourth-order valence-electron chi connectivity index (χ4n) is 0.994. The lowest BCUT2D eigenvalue weighted by atomic mass is 10.1. The van der Waals surface area contributed by atoms with E-state index in [9.17, 15) is 9.59 Å². The Balaban J connectivity index is 2.78. The van der Waals surface area contributed by atoms with Crippen molar-refractivity contribution in [2.24, 2.45) is 0 Å². The number of hydrogen-bond acceptors (Lipinski definition) is 3. The van der Waals surface area contributed by atoms with Crippen molar-refractivity contribution in [1.82, 2.24) is 0 Å². The second kappa shape index (κ2) is 4.91. The molecule has 3 nitrogen and oxygen atoms in total. The lowest BCUT2D eigenvalue weighted by Crippen LogP contribution is -2.20. The Morgan fingerprint density at radius 1 is 1.43 bits per heavy atom. The third-order valence-corrected chi connectivity index (χ3v) is 2.29. The van der Waals surface area contributed by atoms with E-state index in [1.54, 1.807) is 31.2 Å². The summed E-state index contributed by atoms with van der Waals surface area (Å²) in [5.74, 6) is -0.204. The number of ether oxygens (including phenoxy) is 1. The number of hydrogen-bond donors (Lipinski definition) is 0. The molecular weight excluding hydrogens is 248 g/mol. The van der Waals surface area contributed by atoms with Crippen LogP contribution in [-0.4, -0.2) is 18.4 Å². The highest BCUT2D eigenvalue weighted by atomic mass is 79.9. The molecule has 0 aliphatic rings. The monoisotopic (exact) mass is 256 g/mol. The van der Waals surface area contributed by atoms with Crippen molar-refractivity contribution in [3.63, 3.8) is 0 Å². The third-order valence-electron chi connectivity index (χ3n) is 1.76. The van der Waals surface area contributed by atoms with Crippen LogP contribution in [0.2, 0.25) is 0 Å². The van der Waals surface area contributed by atoms with Crippen molar-refractivity contribution in [3.8, 4) is 0 Å². The molecule has 0 aromatic heterocycles. The number of Topliss-reactive ketones (excluding diaryl/α,β-unsaturated/α-hetero) is 1.